The molecule has 2 rings (SSSR count). The van der Waals surface area contributed by atoms with Crippen molar-refractivity contribution < 1.29 is 8.42 Å². The van der Waals surface area contributed by atoms with Crippen molar-refractivity contribution in [1.82, 2.24) is 4.72 Å². The molecule has 1 aromatic carbocycles. The van der Waals surface area contributed by atoms with Crippen molar-refractivity contribution in [2.24, 2.45) is 5.73 Å². The summed E-state index contributed by atoms with van der Waals surface area (Å²) >= 11 is 5.14. The minimum atomic E-state index is -3.52. The van der Waals surface area contributed by atoms with Gasteiger partial charge in [0.15, 0.2) is 0 Å². The van der Waals surface area contributed by atoms with Crippen LogP contribution in [0.2, 0.25) is 0 Å². The van der Waals surface area contributed by atoms with E-state index in [9.17, 15) is 8.42 Å². The Kier molecular flexibility index (Phi) is 6.14. The number of sulfonamides is 1. The minimum Gasteiger partial charge on any atom is -0.326 e. The van der Waals surface area contributed by atoms with Crippen LogP contribution in [-0.2, 0) is 16.6 Å². The molecule has 1 saturated carbocycles. The molecule has 0 amide bonds. The lowest BCUT2D eigenvalue weighted by Crippen LogP contribution is -2.39. The van der Waals surface area contributed by atoms with Gasteiger partial charge in [0.1, 0.15) is 0 Å². The third kappa shape index (κ3) is 4.45. The van der Waals surface area contributed by atoms with Gasteiger partial charge in [-0.2, -0.15) is 11.8 Å². The highest BCUT2D eigenvalue weighted by Crippen LogP contribution is 2.29. The van der Waals surface area contributed by atoms with E-state index in [1.807, 2.05) is 17.8 Å². The molecule has 1 aliphatic carbocycles. The summed E-state index contributed by atoms with van der Waals surface area (Å²) in [5.41, 5.74) is 6.41. The van der Waals surface area contributed by atoms with Crippen molar-refractivity contribution in [3.63, 3.8) is 0 Å². The van der Waals surface area contributed by atoms with Crippen LogP contribution in [0.4, 0.5) is 0 Å². The molecular formula is C14H21BrN2O2S2. The van der Waals surface area contributed by atoms with Gasteiger partial charge < -0.3 is 5.73 Å². The molecule has 21 heavy (non-hydrogen) atoms. The summed E-state index contributed by atoms with van der Waals surface area (Å²) in [6.45, 7) is 0.327. The third-order valence-electron chi connectivity index (χ3n) is 3.80. The van der Waals surface area contributed by atoms with Crippen molar-refractivity contribution in [2.75, 3.05) is 6.26 Å². The van der Waals surface area contributed by atoms with Crippen LogP contribution in [0.1, 0.15) is 31.2 Å². The quantitative estimate of drug-likeness (QED) is 0.807. The molecule has 0 radical (unpaired) electrons. The lowest BCUT2D eigenvalue weighted by Gasteiger charge is -2.28. The van der Waals surface area contributed by atoms with Gasteiger partial charge >= 0.3 is 0 Å². The summed E-state index contributed by atoms with van der Waals surface area (Å²) in [7, 11) is -3.52. The lowest BCUT2D eigenvalue weighted by atomic mass is 9.96. The topological polar surface area (TPSA) is 72.2 Å². The van der Waals surface area contributed by atoms with E-state index in [0.717, 1.165) is 24.8 Å². The van der Waals surface area contributed by atoms with Crippen LogP contribution in [0.3, 0.4) is 0 Å². The SMILES string of the molecule is CSC1CCCC(NS(=O)(=O)c2cc(CN)ccc2Br)C1. The van der Waals surface area contributed by atoms with Gasteiger partial charge in [-0.1, -0.05) is 12.5 Å². The largest absolute Gasteiger partial charge is 0.326 e. The normalized spacial score (nSPS) is 23.2. The van der Waals surface area contributed by atoms with E-state index in [0.29, 0.717) is 16.3 Å². The summed E-state index contributed by atoms with van der Waals surface area (Å²) in [5, 5.41) is 0.547. The third-order valence-corrected chi connectivity index (χ3v) is 7.41. The number of rotatable bonds is 5. The fraction of sp³-hybridized carbons (Fsp3) is 0.571. The minimum absolute atomic E-state index is 0.0228. The molecule has 2 unspecified atom stereocenters. The first-order valence-corrected chi connectivity index (χ1v) is 10.6. The molecule has 0 spiro atoms. The number of halogens is 1. The predicted molar refractivity (Wildman–Crippen MR) is 91.9 cm³/mol. The maximum atomic E-state index is 12.6. The van der Waals surface area contributed by atoms with Crippen molar-refractivity contribution in [3.8, 4) is 0 Å². The average molecular weight is 393 g/mol. The molecular weight excluding hydrogens is 372 g/mol. The average Bonchev–Trinajstić information content (AvgIpc) is 2.47. The fourth-order valence-electron chi connectivity index (χ4n) is 2.63. The molecule has 0 bridgehead atoms. The van der Waals surface area contributed by atoms with E-state index in [1.165, 1.54) is 6.42 Å². The highest BCUT2D eigenvalue weighted by Gasteiger charge is 2.27. The standard InChI is InChI=1S/C14H21BrN2O2S2/c1-20-12-4-2-3-11(8-12)17-21(18,19)14-7-10(9-16)5-6-13(14)15/h5-7,11-12,17H,2-4,8-9,16H2,1H3. The second-order valence-corrected chi connectivity index (χ2v) is 8.99. The molecule has 2 atom stereocenters. The second kappa shape index (κ2) is 7.46. The Bertz CT molecular complexity index is 593. The van der Waals surface area contributed by atoms with E-state index in [-0.39, 0.29) is 10.9 Å². The first-order chi connectivity index (χ1) is 9.96. The fourth-order valence-corrected chi connectivity index (χ4v) is 5.75. The summed E-state index contributed by atoms with van der Waals surface area (Å²) < 4.78 is 28.6. The van der Waals surface area contributed by atoms with Crippen molar-refractivity contribution in [2.45, 2.75) is 48.4 Å². The number of thioether (sulfide) groups is 1. The Hall–Kier alpha value is -0.0800. The summed E-state index contributed by atoms with van der Waals surface area (Å²) in [4.78, 5) is 0.275. The Morgan fingerprint density at radius 1 is 1.43 bits per heavy atom. The van der Waals surface area contributed by atoms with Crippen LogP contribution in [0.5, 0.6) is 0 Å². The zero-order chi connectivity index (χ0) is 15.5. The summed E-state index contributed by atoms with van der Waals surface area (Å²) in [6, 6.07) is 5.23. The van der Waals surface area contributed by atoms with Crippen LogP contribution in [0.25, 0.3) is 0 Å². The van der Waals surface area contributed by atoms with Crippen LogP contribution in [-0.4, -0.2) is 26.0 Å². The maximum Gasteiger partial charge on any atom is 0.241 e. The summed E-state index contributed by atoms with van der Waals surface area (Å²) in [5.74, 6) is 0. The number of benzene rings is 1. The lowest BCUT2D eigenvalue weighted by molar-refractivity contribution is 0.420. The molecule has 0 saturated heterocycles. The zero-order valence-electron chi connectivity index (χ0n) is 12.0. The zero-order valence-corrected chi connectivity index (χ0v) is 15.2. The molecule has 1 aliphatic rings. The maximum absolute atomic E-state index is 12.6. The van der Waals surface area contributed by atoms with Gasteiger partial charge in [0.2, 0.25) is 10.0 Å². The first kappa shape index (κ1) is 17.3. The Morgan fingerprint density at radius 3 is 2.86 bits per heavy atom. The van der Waals surface area contributed by atoms with Gasteiger partial charge in [-0.05, 0) is 59.1 Å². The number of hydrogen-bond acceptors (Lipinski definition) is 4. The van der Waals surface area contributed by atoms with Gasteiger partial charge in [0.05, 0.1) is 4.90 Å². The molecule has 7 heteroatoms. The highest BCUT2D eigenvalue weighted by atomic mass is 79.9. The predicted octanol–water partition coefficient (Wildman–Crippen LogP) is 2.86. The molecule has 1 fully saturated rings. The summed E-state index contributed by atoms with van der Waals surface area (Å²) in [6.07, 6.45) is 6.14. The van der Waals surface area contributed by atoms with Crippen LogP contribution in [0.15, 0.2) is 27.6 Å². The van der Waals surface area contributed by atoms with E-state index in [4.69, 9.17) is 5.73 Å². The van der Waals surface area contributed by atoms with Crippen LogP contribution >= 0.6 is 27.7 Å². The molecule has 0 aromatic heterocycles. The smallest absolute Gasteiger partial charge is 0.241 e. The Labute approximate surface area is 139 Å². The van der Waals surface area contributed by atoms with Crippen molar-refractivity contribution in [1.29, 1.82) is 0 Å². The van der Waals surface area contributed by atoms with E-state index >= 15 is 0 Å². The molecule has 0 aliphatic heterocycles. The Balaban J connectivity index is 2.18. The monoisotopic (exact) mass is 392 g/mol. The van der Waals surface area contributed by atoms with E-state index in [2.05, 4.69) is 26.9 Å². The van der Waals surface area contributed by atoms with Crippen LogP contribution in [0, 0.1) is 0 Å². The van der Waals surface area contributed by atoms with Gasteiger partial charge in [0, 0.05) is 22.3 Å². The van der Waals surface area contributed by atoms with Crippen molar-refractivity contribution >= 4 is 37.7 Å². The molecule has 1 aromatic rings. The second-order valence-electron chi connectivity index (χ2n) is 5.31. The number of nitrogens with one attached hydrogen (secondary N) is 1. The number of hydrogen-bond donors (Lipinski definition) is 2. The molecule has 4 nitrogen and oxygen atoms in total. The van der Waals surface area contributed by atoms with E-state index in [1.54, 1.807) is 12.1 Å². The highest BCUT2D eigenvalue weighted by molar-refractivity contribution is 9.10. The van der Waals surface area contributed by atoms with Gasteiger partial charge in [-0.3, -0.25) is 0 Å². The van der Waals surface area contributed by atoms with E-state index < -0.39 is 10.0 Å². The number of nitrogens with two attached hydrogens (primary N) is 1. The first-order valence-electron chi connectivity index (χ1n) is 7.00. The molecule has 3 N–H and O–H groups in total. The molecule has 0 heterocycles. The van der Waals surface area contributed by atoms with Gasteiger partial charge in [-0.15, -0.1) is 0 Å². The van der Waals surface area contributed by atoms with Crippen molar-refractivity contribution in [3.05, 3.63) is 28.2 Å². The van der Waals surface area contributed by atoms with Gasteiger partial charge in [-0.25, -0.2) is 13.1 Å². The van der Waals surface area contributed by atoms with Gasteiger partial charge in [0.25, 0.3) is 0 Å². The Morgan fingerprint density at radius 2 is 2.19 bits per heavy atom. The molecule has 118 valence electrons. The van der Waals surface area contributed by atoms with Crippen LogP contribution < -0.4 is 10.5 Å².